The van der Waals surface area contributed by atoms with Gasteiger partial charge in [0.05, 0.1) is 49.1 Å². The Morgan fingerprint density at radius 1 is 1.17 bits per heavy atom. The predicted octanol–water partition coefficient (Wildman–Crippen LogP) is -5.76. The number of nitrogens with one attached hydrogen (secondary N) is 1. The van der Waals surface area contributed by atoms with Crippen LogP contribution in [0.25, 0.3) is 0 Å². The second-order valence-corrected chi connectivity index (χ2v) is 10.1. The molecule has 15 N–H and O–H groups in total. The molecule has 3 aliphatic rings. The third kappa shape index (κ3) is 6.50. The zero-order chi connectivity index (χ0) is 26.8. The Morgan fingerprint density at radius 2 is 1.86 bits per heavy atom. The summed E-state index contributed by atoms with van der Waals surface area (Å²) in [6.07, 6.45) is -7.37. The zero-order valence-electron chi connectivity index (χ0n) is 20.4. The average Bonchev–Trinajstić information content (AvgIpc) is 2.84. The molecule has 2 heterocycles. The Morgan fingerprint density at radius 3 is 2.50 bits per heavy atom. The molecule has 1 aliphatic carbocycles. The molecule has 3 fully saturated rings. The van der Waals surface area contributed by atoms with Crippen LogP contribution in [0.4, 0.5) is 0 Å². The first-order valence-electron chi connectivity index (χ1n) is 12.2. The van der Waals surface area contributed by atoms with Crippen molar-refractivity contribution < 1.29 is 44.2 Å². The minimum Gasteiger partial charge on any atom is -0.390 e. The number of carbonyl (C=O) groups is 1. The third-order valence-corrected chi connectivity index (χ3v) is 7.15. The second-order valence-electron chi connectivity index (χ2n) is 10.1. The van der Waals surface area contributed by atoms with Crippen LogP contribution in [0.15, 0.2) is 0 Å². The quantitative estimate of drug-likeness (QED) is 0.142. The fraction of sp³-hybridized carbons (Fsp3) is 0.952. The SMILES string of the molecule is C[C@@]1(O)CO[C@H](O[C@H]2[C@H](NC(=O)C(O)CN)[C@H](N)[C@@H](O[C@H]3O[C@H](CN)CC[C@@H]3N)C[C@@H]2O)[C@H](O)[C@@H]1N. The first-order chi connectivity index (χ1) is 16.9. The number of hydrogen-bond donors (Lipinski definition) is 10. The number of rotatable bonds is 8. The molecule has 1 amide bonds. The summed E-state index contributed by atoms with van der Waals surface area (Å²) in [7, 11) is 0. The van der Waals surface area contributed by atoms with E-state index >= 15 is 0 Å². The van der Waals surface area contributed by atoms with E-state index in [0.717, 1.165) is 0 Å². The summed E-state index contributed by atoms with van der Waals surface area (Å²) in [5.41, 5.74) is 28.2. The van der Waals surface area contributed by atoms with E-state index in [-0.39, 0.29) is 32.2 Å². The van der Waals surface area contributed by atoms with Gasteiger partial charge in [-0.1, -0.05) is 0 Å². The molecule has 1 saturated carbocycles. The summed E-state index contributed by atoms with van der Waals surface area (Å²) in [5, 5.41) is 44.3. The molecule has 1 unspecified atom stereocenters. The maximum atomic E-state index is 12.5. The monoisotopic (exact) mass is 522 g/mol. The molecule has 210 valence electrons. The molecule has 0 bridgehead atoms. The molecular formula is C21H42N6O9. The number of nitrogens with two attached hydrogens (primary N) is 5. The van der Waals surface area contributed by atoms with E-state index in [1.165, 1.54) is 6.92 Å². The molecule has 0 aromatic heterocycles. The number of amides is 1. The van der Waals surface area contributed by atoms with Gasteiger partial charge in [-0.15, -0.1) is 0 Å². The maximum absolute atomic E-state index is 12.5. The van der Waals surface area contributed by atoms with Crippen LogP contribution in [-0.4, -0.2) is 125 Å². The molecule has 13 atom stereocenters. The van der Waals surface area contributed by atoms with Gasteiger partial charge < -0.3 is 73.4 Å². The zero-order valence-corrected chi connectivity index (χ0v) is 20.4. The Balaban J connectivity index is 1.78. The number of aliphatic hydroxyl groups is 4. The average molecular weight is 523 g/mol. The van der Waals surface area contributed by atoms with Crippen molar-refractivity contribution in [2.75, 3.05) is 19.7 Å². The first kappa shape index (κ1) is 29.5. The highest BCUT2D eigenvalue weighted by Gasteiger charge is 2.51. The van der Waals surface area contributed by atoms with E-state index in [9.17, 15) is 25.2 Å². The highest BCUT2D eigenvalue weighted by Crippen LogP contribution is 2.31. The number of aliphatic hydroxyl groups excluding tert-OH is 3. The van der Waals surface area contributed by atoms with Crippen LogP contribution in [0.2, 0.25) is 0 Å². The molecule has 0 aromatic carbocycles. The van der Waals surface area contributed by atoms with E-state index < -0.39 is 78.8 Å². The van der Waals surface area contributed by atoms with Gasteiger partial charge >= 0.3 is 0 Å². The van der Waals surface area contributed by atoms with E-state index in [2.05, 4.69) is 5.32 Å². The minimum absolute atomic E-state index is 0.0237. The Labute approximate surface area is 209 Å². The van der Waals surface area contributed by atoms with Crippen molar-refractivity contribution in [1.82, 2.24) is 5.32 Å². The Hall–Kier alpha value is -1.05. The summed E-state index contributed by atoms with van der Waals surface area (Å²) >= 11 is 0. The molecule has 15 heteroatoms. The van der Waals surface area contributed by atoms with Gasteiger partial charge in [-0.05, 0) is 19.8 Å². The van der Waals surface area contributed by atoms with Gasteiger partial charge in [-0.25, -0.2) is 0 Å². The van der Waals surface area contributed by atoms with Crippen LogP contribution < -0.4 is 34.0 Å². The highest BCUT2D eigenvalue weighted by atomic mass is 16.7. The number of ether oxygens (including phenoxy) is 4. The predicted molar refractivity (Wildman–Crippen MR) is 125 cm³/mol. The summed E-state index contributed by atoms with van der Waals surface area (Å²) in [4.78, 5) is 12.5. The molecule has 0 spiro atoms. The molecule has 0 radical (unpaired) electrons. The van der Waals surface area contributed by atoms with E-state index in [1.54, 1.807) is 0 Å². The Bertz CT molecular complexity index is 736. The molecule has 15 nitrogen and oxygen atoms in total. The number of hydrogen-bond acceptors (Lipinski definition) is 14. The normalized spacial score (nSPS) is 46.8. The fourth-order valence-electron chi connectivity index (χ4n) is 4.70. The van der Waals surface area contributed by atoms with Crippen LogP contribution >= 0.6 is 0 Å². The van der Waals surface area contributed by atoms with Gasteiger partial charge in [0.1, 0.15) is 23.9 Å². The first-order valence-corrected chi connectivity index (χ1v) is 12.2. The lowest BCUT2D eigenvalue weighted by Crippen LogP contribution is -2.70. The largest absolute Gasteiger partial charge is 0.390 e. The van der Waals surface area contributed by atoms with Crippen molar-refractivity contribution >= 4 is 5.91 Å². The molecule has 0 aromatic rings. The molecule has 36 heavy (non-hydrogen) atoms. The highest BCUT2D eigenvalue weighted by molar-refractivity contribution is 5.81. The second kappa shape index (κ2) is 12.2. The summed E-state index contributed by atoms with van der Waals surface area (Å²) in [5.74, 6) is -0.835. The van der Waals surface area contributed by atoms with E-state index in [4.69, 9.17) is 47.6 Å². The van der Waals surface area contributed by atoms with Crippen molar-refractivity contribution in [2.45, 2.75) is 105 Å². The van der Waals surface area contributed by atoms with Crippen molar-refractivity contribution in [3.63, 3.8) is 0 Å². The smallest absolute Gasteiger partial charge is 0.250 e. The maximum Gasteiger partial charge on any atom is 0.250 e. The third-order valence-electron chi connectivity index (χ3n) is 7.15. The fourth-order valence-corrected chi connectivity index (χ4v) is 4.70. The lowest BCUT2D eigenvalue weighted by atomic mass is 9.83. The van der Waals surface area contributed by atoms with Crippen molar-refractivity contribution in [2.24, 2.45) is 28.7 Å². The lowest BCUT2D eigenvalue weighted by Gasteiger charge is -2.48. The van der Waals surface area contributed by atoms with Crippen molar-refractivity contribution in [3.8, 4) is 0 Å². The van der Waals surface area contributed by atoms with Crippen LogP contribution in [0.1, 0.15) is 26.2 Å². The topological polar surface area (TPSA) is 277 Å². The summed E-state index contributed by atoms with van der Waals surface area (Å²) in [6.45, 7) is 1.12. The van der Waals surface area contributed by atoms with E-state index in [0.29, 0.717) is 12.8 Å². The van der Waals surface area contributed by atoms with Crippen LogP contribution in [-0.2, 0) is 23.7 Å². The number of carbonyl (C=O) groups excluding carboxylic acids is 1. The van der Waals surface area contributed by atoms with Crippen LogP contribution in [0, 0.1) is 0 Å². The Kier molecular flexibility index (Phi) is 10.0. The lowest BCUT2D eigenvalue weighted by molar-refractivity contribution is -0.297. The van der Waals surface area contributed by atoms with Gasteiger partial charge in [-0.2, -0.15) is 0 Å². The standard InChI is InChI=1S/C21H42N6O9/c1-21(32)7-33-20(15(30)17(21)26)36-16-10(28)4-12(13(25)14(16)27-18(31)11(29)6-23)35-19-9(24)3-2-8(5-22)34-19/h8-17,19-20,28-30,32H,2-7,22-26H2,1H3,(H,27,31)/t8-,9-,10-,11?,12-,13+,14+,15+,16+,17-,19+,20+,21+/m0/s1. The van der Waals surface area contributed by atoms with Crippen LogP contribution in [0.5, 0.6) is 0 Å². The van der Waals surface area contributed by atoms with Gasteiger partial charge in [-0.3, -0.25) is 4.79 Å². The molecular weight excluding hydrogens is 480 g/mol. The molecule has 2 aliphatic heterocycles. The summed E-state index contributed by atoms with van der Waals surface area (Å²) in [6, 6.07) is -3.61. The van der Waals surface area contributed by atoms with Crippen molar-refractivity contribution in [3.05, 3.63) is 0 Å². The van der Waals surface area contributed by atoms with Gasteiger partial charge in [0.25, 0.3) is 5.91 Å². The van der Waals surface area contributed by atoms with Gasteiger partial charge in [0, 0.05) is 19.5 Å². The summed E-state index contributed by atoms with van der Waals surface area (Å²) < 4.78 is 23.2. The van der Waals surface area contributed by atoms with Gasteiger partial charge in [0.2, 0.25) is 0 Å². The molecule has 2 saturated heterocycles. The van der Waals surface area contributed by atoms with Crippen LogP contribution in [0.3, 0.4) is 0 Å². The van der Waals surface area contributed by atoms with E-state index in [1.807, 2.05) is 0 Å². The minimum atomic E-state index is -1.53. The van der Waals surface area contributed by atoms with Gasteiger partial charge in [0.15, 0.2) is 12.6 Å². The van der Waals surface area contributed by atoms with Crippen molar-refractivity contribution in [1.29, 1.82) is 0 Å². The molecule has 3 rings (SSSR count).